The molecule has 1 saturated heterocycles. The van der Waals surface area contributed by atoms with Crippen LogP contribution in [0.4, 0.5) is 11.4 Å². The summed E-state index contributed by atoms with van der Waals surface area (Å²) in [6.07, 6.45) is 3.47. The minimum Gasteiger partial charge on any atom is -0.497 e. The van der Waals surface area contributed by atoms with Gasteiger partial charge in [0.15, 0.2) is 5.13 Å². The largest absolute Gasteiger partial charge is 0.497 e. The number of nitrogens with one attached hydrogen (secondary N) is 2. The van der Waals surface area contributed by atoms with Crippen LogP contribution >= 0.6 is 11.3 Å². The number of carbonyl (C=O) groups is 1. The average Bonchev–Trinajstić information content (AvgIpc) is 3.45. The van der Waals surface area contributed by atoms with E-state index in [9.17, 15) is 9.90 Å². The molecule has 1 fully saturated rings. The van der Waals surface area contributed by atoms with Gasteiger partial charge in [0.1, 0.15) is 11.4 Å². The van der Waals surface area contributed by atoms with E-state index < -0.39 is 0 Å². The number of amides is 1. The fraction of sp³-hybridized carbons (Fsp3) is 0.261. The van der Waals surface area contributed by atoms with Gasteiger partial charge in [-0.15, -0.1) is 11.3 Å². The quantitative estimate of drug-likeness (QED) is 0.417. The zero-order valence-electron chi connectivity index (χ0n) is 18.3. The molecular formula is C23H24N6O3S. The number of pyridine rings is 1. The predicted octanol–water partition coefficient (Wildman–Crippen LogP) is 3.17. The number of thiazole rings is 1. The number of aromatic hydroxyl groups is 1. The van der Waals surface area contributed by atoms with Crippen LogP contribution < -0.4 is 20.3 Å². The monoisotopic (exact) mass is 464 g/mol. The van der Waals surface area contributed by atoms with Gasteiger partial charge >= 0.3 is 0 Å². The number of aryl methyl sites for hydroxylation is 1. The van der Waals surface area contributed by atoms with E-state index in [0.29, 0.717) is 22.0 Å². The van der Waals surface area contributed by atoms with Gasteiger partial charge in [0.2, 0.25) is 5.88 Å². The number of ether oxygens (including phenoxy) is 1. The van der Waals surface area contributed by atoms with Crippen LogP contribution in [0.2, 0.25) is 0 Å². The number of piperazine rings is 1. The SMILES string of the molecule is COc1ccc2c(O)n(-c3nc(C(=O)Nc4cnc(C)cc4N4CCNCC4)cs3)cc2c1. The molecule has 4 heterocycles. The molecule has 0 bridgehead atoms. The van der Waals surface area contributed by atoms with Crippen LogP contribution in [0.15, 0.2) is 42.0 Å². The summed E-state index contributed by atoms with van der Waals surface area (Å²) >= 11 is 1.28. The zero-order valence-corrected chi connectivity index (χ0v) is 19.1. The van der Waals surface area contributed by atoms with Crippen molar-refractivity contribution in [1.82, 2.24) is 19.9 Å². The van der Waals surface area contributed by atoms with Crippen molar-refractivity contribution in [3.8, 4) is 16.8 Å². The maximum atomic E-state index is 13.0. The Morgan fingerprint density at radius 3 is 2.88 bits per heavy atom. The Labute approximate surface area is 194 Å². The zero-order chi connectivity index (χ0) is 22.9. The molecule has 1 aliphatic heterocycles. The van der Waals surface area contributed by atoms with E-state index >= 15 is 0 Å². The molecule has 0 atom stereocenters. The van der Waals surface area contributed by atoms with Crippen molar-refractivity contribution in [1.29, 1.82) is 0 Å². The molecular weight excluding hydrogens is 440 g/mol. The van der Waals surface area contributed by atoms with Crippen molar-refractivity contribution in [2.24, 2.45) is 0 Å². The van der Waals surface area contributed by atoms with Gasteiger partial charge in [0.05, 0.1) is 24.7 Å². The Morgan fingerprint density at radius 1 is 1.27 bits per heavy atom. The minimum atomic E-state index is -0.322. The van der Waals surface area contributed by atoms with Gasteiger partial charge in [-0.3, -0.25) is 14.3 Å². The van der Waals surface area contributed by atoms with Gasteiger partial charge in [-0.2, -0.15) is 0 Å². The van der Waals surface area contributed by atoms with Gasteiger partial charge in [-0.05, 0) is 31.2 Å². The highest BCUT2D eigenvalue weighted by Crippen LogP contribution is 2.33. The second-order valence-corrected chi connectivity index (χ2v) is 8.66. The molecule has 1 aliphatic rings. The summed E-state index contributed by atoms with van der Waals surface area (Å²) in [6.45, 7) is 5.44. The number of benzene rings is 1. The first-order chi connectivity index (χ1) is 16.0. The summed E-state index contributed by atoms with van der Waals surface area (Å²) in [6, 6.07) is 7.42. The van der Waals surface area contributed by atoms with E-state index in [-0.39, 0.29) is 17.5 Å². The number of hydrogen-bond donors (Lipinski definition) is 3. The number of rotatable bonds is 5. The van der Waals surface area contributed by atoms with Gasteiger partial charge in [0.25, 0.3) is 5.91 Å². The number of carbonyl (C=O) groups excluding carboxylic acids is 1. The molecule has 0 unspecified atom stereocenters. The molecule has 170 valence electrons. The third-order valence-corrected chi connectivity index (χ3v) is 6.49. The van der Waals surface area contributed by atoms with Crippen molar-refractivity contribution in [2.75, 3.05) is 43.5 Å². The molecule has 9 nitrogen and oxygen atoms in total. The van der Waals surface area contributed by atoms with Gasteiger partial charge in [-0.1, -0.05) is 0 Å². The van der Waals surface area contributed by atoms with E-state index in [2.05, 4.69) is 25.5 Å². The number of anilines is 2. The molecule has 4 aromatic rings. The second kappa shape index (κ2) is 8.72. The Balaban J connectivity index is 1.41. The molecule has 5 rings (SSSR count). The Kier molecular flexibility index (Phi) is 5.61. The van der Waals surface area contributed by atoms with E-state index in [0.717, 1.165) is 42.9 Å². The minimum absolute atomic E-state index is 0.0673. The van der Waals surface area contributed by atoms with Crippen LogP contribution in [-0.4, -0.2) is 58.8 Å². The first kappa shape index (κ1) is 21.2. The third kappa shape index (κ3) is 4.10. The molecule has 10 heteroatoms. The molecule has 1 amide bonds. The summed E-state index contributed by atoms with van der Waals surface area (Å²) in [7, 11) is 1.60. The second-order valence-electron chi connectivity index (χ2n) is 7.83. The van der Waals surface area contributed by atoms with E-state index in [4.69, 9.17) is 4.74 Å². The predicted molar refractivity (Wildman–Crippen MR) is 129 cm³/mol. The molecule has 3 aromatic heterocycles. The Morgan fingerprint density at radius 2 is 2.09 bits per heavy atom. The van der Waals surface area contributed by atoms with E-state index in [1.54, 1.807) is 41.6 Å². The van der Waals surface area contributed by atoms with Gasteiger partial charge in [0, 0.05) is 54.2 Å². The summed E-state index contributed by atoms with van der Waals surface area (Å²) in [5.41, 5.74) is 2.78. The topological polar surface area (TPSA) is 105 Å². The molecule has 3 N–H and O–H groups in total. The number of aromatic nitrogens is 3. The molecule has 0 saturated carbocycles. The van der Waals surface area contributed by atoms with Crippen LogP contribution in [0.3, 0.4) is 0 Å². The van der Waals surface area contributed by atoms with Gasteiger partial charge < -0.3 is 25.4 Å². The van der Waals surface area contributed by atoms with Crippen LogP contribution in [0.25, 0.3) is 15.9 Å². The van der Waals surface area contributed by atoms with Crippen LogP contribution in [0.1, 0.15) is 16.2 Å². The Hall–Kier alpha value is -3.63. The van der Waals surface area contributed by atoms with Crippen LogP contribution in [0.5, 0.6) is 11.6 Å². The lowest BCUT2D eigenvalue weighted by atomic mass is 10.2. The number of nitrogens with zero attached hydrogens (tertiary/aromatic N) is 4. The number of methoxy groups -OCH3 is 1. The number of fused-ring (bicyclic) bond motifs is 1. The fourth-order valence-electron chi connectivity index (χ4n) is 3.93. The van der Waals surface area contributed by atoms with Crippen molar-refractivity contribution in [3.05, 3.63) is 53.4 Å². The van der Waals surface area contributed by atoms with Crippen LogP contribution in [0, 0.1) is 6.92 Å². The lowest BCUT2D eigenvalue weighted by Gasteiger charge is -2.31. The van der Waals surface area contributed by atoms with Crippen molar-refractivity contribution in [3.63, 3.8) is 0 Å². The summed E-state index contributed by atoms with van der Waals surface area (Å²) < 4.78 is 6.84. The van der Waals surface area contributed by atoms with Crippen molar-refractivity contribution < 1.29 is 14.6 Å². The molecule has 33 heavy (non-hydrogen) atoms. The van der Waals surface area contributed by atoms with Gasteiger partial charge in [-0.25, -0.2) is 4.98 Å². The van der Waals surface area contributed by atoms with Crippen LogP contribution in [-0.2, 0) is 0 Å². The number of hydrogen-bond acceptors (Lipinski definition) is 8. The lowest BCUT2D eigenvalue weighted by Crippen LogP contribution is -2.43. The normalized spacial score (nSPS) is 13.9. The maximum Gasteiger partial charge on any atom is 0.275 e. The highest BCUT2D eigenvalue weighted by atomic mass is 32.1. The maximum absolute atomic E-state index is 13.0. The third-order valence-electron chi connectivity index (χ3n) is 5.65. The molecule has 0 radical (unpaired) electrons. The lowest BCUT2D eigenvalue weighted by molar-refractivity contribution is 0.102. The van der Waals surface area contributed by atoms with Crippen molar-refractivity contribution >= 4 is 39.4 Å². The standard InChI is InChI=1S/C23H24N6O3S/c1-14-9-20(28-7-5-24-6-8-28)18(11-25-14)26-21(30)19-13-33-23(27-19)29-12-15-10-16(32-2)3-4-17(15)22(29)31/h3-4,9-13,24,31H,5-8H2,1-2H3,(H,26,30). The fourth-order valence-corrected chi connectivity index (χ4v) is 4.71. The average molecular weight is 465 g/mol. The summed E-state index contributed by atoms with van der Waals surface area (Å²) in [4.78, 5) is 24.1. The molecule has 0 spiro atoms. The van der Waals surface area contributed by atoms with E-state index in [1.807, 2.05) is 19.1 Å². The highest BCUT2D eigenvalue weighted by Gasteiger charge is 2.20. The summed E-state index contributed by atoms with van der Waals surface area (Å²) in [5.74, 6) is 0.445. The highest BCUT2D eigenvalue weighted by molar-refractivity contribution is 7.12. The summed E-state index contributed by atoms with van der Waals surface area (Å²) in [5, 5.41) is 20.7. The Bertz CT molecular complexity index is 1330. The first-order valence-corrected chi connectivity index (χ1v) is 11.5. The van der Waals surface area contributed by atoms with Crippen molar-refractivity contribution in [2.45, 2.75) is 6.92 Å². The van der Waals surface area contributed by atoms with E-state index in [1.165, 1.54) is 11.3 Å². The smallest absolute Gasteiger partial charge is 0.275 e. The molecule has 1 aromatic carbocycles. The first-order valence-electron chi connectivity index (χ1n) is 10.6. The molecule has 0 aliphatic carbocycles.